The number of para-hydroxylation sites is 2. The quantitative estimate of drug-likeness (QED) is 0.0703. The summed E-state index contributed by atoms with van der Waals surface area (Å²) in [7, 11) is 1.43. The van der Waals surface area contributed by atoms with Crippen LogP contribution in [0.2, 0.25) is 0 Å². The maximum atomic E-state index is 14.8. The fourth-order valence-electron chi connectivity index (χ4n) is 8.10. The molecule has 0 bridgehead atoms. The number of nitrogens with one attached hydrogen (secondary N) is 3. The molecule has 66 heavy (non-hydrogen) atoms. The number of primary amides is 1. The molecule has 0 saturated heterocycles. The highest BCUT2D eigenvalue weighted by atomic mass is 16.6. The molecule has 1 aliphatic carbocycles. The number of rotatable bonds is 13. The number of fused-ring (bicyclic) bond motifs is 5. The lowest BCUT2D eigenvalue weighted by Gasteiger charge is -2.27. The van der Waals surface area contributed by atoms with Crippen molar-refractivity contribution >= 4 is 70.1 Å². The third kappa shape index (κ3) is 10.6. The van der Waals surface area contributed by atoms with Crippen LogP contribution in [0.1, 0.15) is 54.6 Å². The first-order valence-corrected chi connectivity index (χ1v) is 21.2. The van der Waals surface area contributed by atoms with Gasteiger partial charge in [-0.1, -0.05) is 97.1 Å². The van der Waals surface area contributed by atoms with Gasteiger partial charge in [0.2, 0.25) is 11.8 Å². The number of anilines is 2. The second-order valence-corrected chi connectivity index (χ2v) is 16.8. The van der Waals surface area contributed by atoms with Crippen molar-refractivity contribution in [3.8, 4) is 11.1 Å². The van der Waals surface area contributed by atoms with Gasteiger partial charge in [-0.05, 0) is 72.0 Å². The van der Waals surface area contributed by atoms with E-state index in [1.165, 1.54) is 11.9 Å². The first-order chi connectivity index (χ1) is 31.6. The van der Waals surface area contributed by atoms with Gasteiger partial charge in [0.05, 0.1) is 30.4 Å². The van der Waals surface area contributed by atoms with Crippen LogP contribution < -0.4 is 31.6 Å². The van der Waals surface area contributed by atoms with Gasteiger partial charge in [-0.2, -0.15) is 5.10 Å². The Hall–Kier alpha value is -8.08. The number of benzene rings is 5. The van der Waals surface area contributed by atoms with E-state index in [1.807, 2.05) is 72.2 Å². The molecule has 0 radical (unpaired) electrons. The van der Waals surface area contributed by atoms with Gasteiger partial charge in [-0.15, -0.1) is 0 Å². The molecule has 2 aliphatic rings. The Labute approximate surface area is 380 Å². The maximum absolute atomic E-state index is 14.8. The Morgan fingerprint density at radius 1 is 0.848 bits per heavy atom. The van der Waals surface area contributed by atoms with Crippen molar-refractivity contribution in [2.24, 2.45) is 10.8 Å². The Kier molecular flexibility index (Phi) is 13.7. The van der Waals surface area contributed by atoms with Gasteiger partial charge < -0.3 is 35.6 Å². The molecule has 0 fully saturated rings. The molecule has 17 nitrogen and oxygen atoms in total. The predicted octanol–water partition coefficient (Wildman–Crippen LogP) is 5.07. The van der Waals surface area contributed by atoms with Gasteiger partial charge in [0, 0.05) is 24.7 Å². The van der Waals surface area contributed by atoms with E-state index < -0.39 is 78.9 Å². The number of likely N-dealkylation sites (N-methyl/N-ethyl adjacent to an activating group) is 1. The minimum atomic E-state index is -1.42. The molecule has 7 amide bonds. The van der Waals surface area contributed by atoms with E-state index in [2.05, 4.69) is 15.7 Å². The van der Waals surface area contributed by atoms with E-state index in [0.29, 0.717) is 5.39 Å². The summed E-state index contributed by atoms with van der Waals surface area (Å²) in [6, 6.07) is 31.1. The number of nitrogens with zero attached hydrogens (tertiary/aromatic N) is 4. The molecule has 0 spiro atoms. The van der Waals surface area contributed by atoms with Crippen molar-refractivity contribution in [3.05, 3.63) is 132 Å². The number of hydrogen-bond donors (Lipinski definition) is 4. The highest BCUT2D eigenvalue weighted by Gasteiger charge is 2.39. The highest BCUT2D eigenvalue weighted by Crippen LogP contribution is 2.44. The SMILES string of the molecule is CN(CC(=O)N1C[C@H](NC(=O)c2cccc3ccccc23)C(=O)N(CC(=O)N[C@H](/C=N/NC(N)=O)CC(=O)OC(C)(C)C)c2ccccc21)C(=O)OCC1c2ccccc2-c2ccccc21. The van der Waals surface area contributed by atoms with Crippen molar-refractivity contribution < 1.29 is 43.0 Å². The summed E-state index contributed by atoms with van der Waals surface area (Å²) in [5, 5.41) is 10.6. The normalized spacial score (nSPS) is 14.9. The topological polar surface area (TPSA) is 222 Å². The first kappa shape index (κ1) is 45.9. The second-order valence-electron chi connectivity index (χ2n) is 16.8. The van der Waals surface area contributed by atoms with E-state index in [0.717, 1.165) is 43.7 Å². The van der Waals surface area contributed by atoms with Crippen LogP contribution in [-0.4, -0.2) is 104 Å². The molecule has 340 valence electrons. The van der Waals surface area contributed by atoms with Crippen LogP contribution in [-0.2, 0) is 28.7 Å². The number of amides is 7. The molecule has 7 rings (SSSR count). The number of hydrazone groups is 1. The zero-order valence-electron chi connectivity index (χ0n) is 36.9. The molecule has 0 aromatic heterocycles. The average Bonchev–Trinajstić information content (AvgIpc) is 3.55. The number of urea groups is 1. The molecular weight excluding hydrogens is 845 g/mol. The van der Waals surface area contributed by atoms with E-state index in [-0.39, 0.29) is 36.0 Å². The molecule has 5 N–H and O–H groups in total. The van der Waals surface area contributed by atoms with E-state index in [9.17, 15) is 33.6 Å². The van der Waals surface area contributed by atoms with Gasteiger partial charge >= 0.3 is 18.1 Å². The molecule has 0 saturated carbocycles. The summed E-state index contributed by atoms with van der Waals surface area (Å²) in [4.78, 5) is 98.6. The Morgan fingerprint density at radius 3 is 2.15 bits per heavy atom. The van der Waals surface area contributed by atoms with Gasteiger partial charge in [-0.25, -0.2) is 15.0 Å². The second kappa shape index (κ2) is 19.8. The minimum Gasteiger partial charge on any atom is -0.460 e. The van der Waals surface area contributed by atoms with Crippen molar-refractivity contribution in [3.63, 3.8) is 0 Å². The van der Waals surface area contributed by atoms with E-state index >= 15 is 0 Å². The van der Waals surface area contributed by atoms with E-state index in [4.69, 9.17) is 15.2 Å². The summed E-state index contributed by atoms with van der Waals surface area (Å²) in [6.45, 7) is 3.53. The number of carbonyl (C=O) groups is 7. The number of nitrogens with two attached hydrogens (primary N) is 1. The highest BCUT2D eigenvalue weighted by molar-refractivity contribution is 6.13. The number of hydrogen-bond acceptors (Lipinski definition) is 10. The van der Waals surface area contributed by atoms with Crippen molar-refractivity contribution in [1.29, 1.82) is 0 Å². The molecule has 0 unspecified atom stereocenters. The summed E-state index contributed by atoms with van der Waals surface area (Å²) < 4.78 is 11.2. The van der Waals surface area contributed by atoms with Crippen LogP contribution in [0.25, 0.3) is 21.9 Å². The molecule has 1 heterocycles. The molecular formula is C49H50N8O9. The van der Waals surface area contributed by atoms with Crippen molar-refractivity contribution in [2.45, 2.75) is 50.8 Å². The number of esters is 1. The van der Waals surface area contributed by atoms with Crippen LogP contribution >= 0.6 is 0 Å². The van der Waals surface area contributed by atoms with E-state index in [1.54, 1.807) is 69.3 Å². The fourth-order valence-corrected chi connectivity index (χ4v) is 8.10. The Balaban J connectivity index is 1.14. The smallest absolute Gasteiger partial charge is 0.409 e. The summed E-state index contributed by atoms with van der Waals surface area (Å²) >= 11 is 0. The minimum absolute atomic E-state index is 0.0257. The number of carbonyl (C=O) groups excluding carboxylic acids is 7. The molecule has 2 atom stereocenters. The van der Waals surface area contributed by atoms with Gasteiger partial charge in [0.1, 0.15) is 31.3 Å². The monoisotopic (exact) mass is 894 g/mol. The fraction of sp³-hybridized carbons (Fsp3) is 0.265. The zero-order valence-corrected chi connectivity index (χ0v) is 36.9. The third-order valence-corrected chi connectivity index (χ3v) is 10.9. The van der Waals surface area contributed by atoms with Crippen LogP contribution in [0.4, 0.5) is 21.0 Å². The molecule has 1 aliphatic heterocycles. The third-order valence-electron chi connectivity index (χ3n) is 10.9. The molecule has 5 aromatic rings. The van der Waals surface area contributed by atoms with Crippen molar-refractivity contribution in [2.75, 3.05) is 43.1 Å². The van der Waals surface area contributed by atoms with Crippen LogP contribution in [0.3, 0.4) is 0 Å². The lowest BCUT2D eigenvalue weighted by Crippen LogP contribution is -2.55. The first-order valence-electron chi connectivity index (χ1n) is 21.2. The zero-order chi connectivity index (χ0) is 47.1. The molecule has 17 heteroatoms. The van der Waals surface area contributed by atoms with Gasteiger partial charge in [-0.3, -0.25) is 28.9 Å². The van der Waals surface area contributed by atoms with Crippen molar-refractivity contribution in [1.82, 2.24) is 21.0 Å². The van der Waals surface area contributed by atoms with Crippen LogP contribution in [0.15, 0.2) is 120 Å². The Bertz CT molecular complexity index is 2680. The summed E-state index contributed by atoms with van der Waals surface area (Å²) in [5.74, 6) is -3.64. The maximum Gasteiger partial charge on any atom is 0.409 e. The van der Waals surface area contributed by atoms with Crippen LogP contribution in [0, 0.1) is 0 Å². The average molecular weight is 895 g/mol. The standard InChI is InChI=1S/C49H50N8O9/c1-49(2,3)66-44(60)24-31(25-51-54-47(50)63)52-42(58)27-57-41-23-12-11-22-40(41)56(26-39(46(57)62)53-45(61)37-21-13-15-30-14-5-6-16-32(30)37)43(59)28-55(4)48(64)65-29-38-35-19-9-7-17-33(35)34-18-8-10-20-36(34)38/h5-23,25,31,38-39H,24,26-29H2,1-4H3,(H,52,58)(H,53,61)(H3,50,54,63)/b51-25+/t31-,39-/m0/s1. The summed E-state index contributed by atoms with van der Waals surface area (Å²) in [6.07, 6.45) is -0.0643. The van der Waals surface area contributed by atoms with Gasteiger partial charge in [0.25, 0.3) is 11.8 Å². The number of ether oxygens (including phenoxy) is 2. The Morgan fingerprint density at radius 2 is 1.47 bits per heavy atom. The van der Waals surface area contributed by atoms with Crippen LogP contribution in [0.5, 0.6) is 0 Å². The predicted molar refractivity (Wildman–Crippen MR) is 248 cm³/mol. The lowest BCUT2D eigenvalue weighted by atomic mass is 9.98. The largest absolute Gasteiger partial charge is 0.460 e. The van der Waals surface area contributed by atoms with Gasteiger partial charge in [0.15, 0.2) is 0 Å². The summed E-state index contributed by atoms with van der Waals surface area (Å²) in [5.41, 5.74) is 11.1. The lowest BCUT2D eigenvalue weighted by molar-refractivity contribution is -0.155. The molecule has 5 aromatic carbocycles.